The van der Waals surface area contributed by atoms with E-state index < -0.39 is 5.82 Å². The molecule has 2 N–H and O–H groups in total. The van der Waals surface area contributed by atoms with Crippen molar-refractivity contribution in [2.75, 3.05) is 12.8 Å². The highest BCUT2D eigenvalue weighted by atomic mass is 19.1. The van der Waals surface area contributed by atoms with Crippen LogP contribution < -0.4 is 10.5 Å². The van der Waals surface area contributed by atoms with Crippen LogP contribution in [0.2, 0.25) is 0 Å². The van der Waals surface area contributed by atoms with Crippen LogP contribution in [-0.4, -0.2) is 16.7 Å². The summed E-state index contributed by atoms with van der Waals surface area (Å²) in [5, 5.41) is 8.87. The van der Waals surface area contributed by atoms with Crippen LogP contribution in [0.3, 0.4) is 0 Å². The smallest absolute Gasteiger partial charge is 0.183 e. The highest BCUT2D eigenvalue weighted by Crippen LogP contribution is 2.31. The molecule has 0 atom stereocenters. The van der Waals surface area contributed by atoms with E-state index >= 15 is 0 Å². The van der Waals surface area contributed by atoms with E-state index in [0.29, 0.717) is 17.1 Å². The fraction of sp³-hybridized carbons (Fsp3) is 0.167. The molecule has 0 aliphatic carbocycles. The van der Waals surface area contributed by atoms with Crippen LogP contribution in [0.5, 0.6) is 5.75 Å². The number of hydrogen-bond donors (Lipinski definition) is 1. The van der Waals surface area contributed by atoms with Crippen LogP contribution >= 0.6 is 0 Å². The minimum Gasteiger partial charge on any atom is -0.496 e. The number of nitrogens with two attached hydrogens (primary N) is 1. The van der Waals surface area contributed by atoms with Gasteiger partial charge in [0, 0.05) is 7.05 Å². The molecule has 18 heavy (non-hydrogen) atoms. The van der Waals surface area contributed by atoms with Gasteiger partial charge in [-0.2, -0.15) is 5.26 Å². The first-order chi connectivity index (χ1) is 8.58. The van der Waals surface area contributed by atoms with E-state index in [0.717, 1.165) is 0 Å². The maximum absolute atomic E-state index is 13.3. The maximum Gasteiger partial charge on any atom is 0.183 e. The van der Waals surface area contributed by atoms with Crippen molar-refractivity contribution in [3.63, 3.8) is 0 Å². The zero-order chi connectivity index (χ0) is 13.3. The van der Waals surface area contributed by atoms with Gasteiger partial charge in [0.25, 0.3) is 0 Å². The lowest BCUT2D eigenvalue weighted by Crippen LogP contribution is -2.00. The lowest BCUT2D eigenvalue weighted by molar-refractivity contribution is 0.415. The zero-order valence-corrected chi connectivity index (χ0v) is 9.94. The summed E-state index contributed by atoms with van der Waals surface area (Å²) in [6.45, 7) is 0. The molecule has 0 unspecified atom stereocenters. The number of anilines is 1. The molecule has 6 heteroatoms. The molecular weight excluding hydrogens is 235 g/mol. The predicted octanol–water partition coefficient (Wildman–Crippen LogP) is 1.69. The summed E-state index contributed by atoms with van der Waals surface area (Å²) in [4.78, 5) is 4.08. The van der Waals surface area contributed by atoms with Crippen LogP contribution in [0, 0.1) is 17.1 Å². The van der Waals surface area contributed by atoms with E-state index in [4.69, 9.17) is 15.7 Å². The Morgan fingerprint density at radius 3 is 2.78 bits per heavy atom. The SMILES string of the molecule is COc1ccc(F)cc1-c1nc(C#N)c(N)n1C. The number of halogens is 1. The molecule has 0 aliphatic heterocycles. The fourth-order valence-corrected chi connectivity index (χ4v) is 1.69. The molecule has 2 aromatic rings. The number of ether oxygens (including phenoxy) is 1. The summed E-state index contributed by atoms with van der Waals surface area (Å²) in [6.07, 6.45) is 0. The molecule has 0 spiro atoms. The number of nitrogen functional groups attached to an aromatic ring is 1. The van der Waals surface area contributed by atoms with Gasteiger partial charge in [0.15, 0.2) is 5.69 Å². The van der Waals surface area contributed by atoms with Crippen molar-refractivity contribution in [3.05, 3.63) is 29.7 Å². The second-order valence-corrected chi connectivity index (χ2v) is 3.68. The molecule has 0 saturated carbocycles. The van der Waals surface area contributed by atoms with Gasteiger partial charge in [0.2, 0.25) is 0 Å². The minimum atomic E-state index is -0.411. The third-order valence-corrected chi connectivity index (χ3v) is 2.65. The molecule has 0 aliphatic rings. The number of imidazole rings is 1. The molecule has 0 saturated heterocycles. The molecule has 2 rings (SSSR count). The van der Waals surface area contributed by atoms with Gasteiger partial charge in [-0.1, -0.05) is 0 Å². The molecule has 0 fully saturated rings. The summed E-state index contributed by atoms with van der Waals surface area (Å²) < 4.78 is 20.0. The fourth-order valence-electron chi connectivity index (χ4n) is 1.69. The van der Waals surface area contributed by atoms with Crippen molar-refractivity contribution in [1.29, 1.82) is 5.26 Å². The summed E-state index contributed by atoms with van der Waals surface area (Å²) in [5.74, 6) is 0.680. The van der Waals surface area contributed by atoms with Crippen LogP contribution in [0.15, 0.2) is 18.2 Å². The van der Waals surface area contributed by atoms with Crippen molar-refractivity contribution in [2.45, 2.75) is 0 Å². The first kappa shape index (κ1) is 11.9. The third kappa shape index (κ3) is 1.76. The number of hydrogen-bond acceptors (Lipinski definition) is 4. The Balaban J connectivity index is 2.69. The first-order valence-corrected chi connectivity index (χ1v) is 5.14. The summed E-state index contributed by atoms with van der Waals surface area (Å²) in [5.41, 5.74) is 6.29. The number of benzene rings is 1. The lowest BCUT2D eigenvalue weighted by atomic mass is 10.2. The van der Waals surface area contributed by atoms with Crippen LogP contribution in [0.4, 0.5) is 10.2 Å². The Morgan fingerprint density at radius 1 is 1.50 bits per heavy atom. The predicted molar refractivity (Wildman–Crippen MR) is 64.3 cm³/mol. The molecule has 1 aromatic carbocycles. The molecule has 0 radical (unpaired) electrons. The standard InChI is InChI=1S/C12H11FN4O/c1-17-11(15)9(6-14)16-12(17)8-5-7(13)3-4-10(8)18-2/h3-5H,15H2,1-2H3. The average molecular weight is 246 g/mol. The van der Waals surface area contributed by atoms with Gasteiger partial charge in [-0.05, 0) is 18.2 Å². The molecule has 0 bridgehead atoms. The van der Waals surface area contributed by atoms with Crippen molar-refractivity contribution in [3.8, 4) is 23.2 Å². The van der Waals surface area contributed by atoms with Crippen molar-refractivity contribution < 1.29 is 9.13 Å². The minimum absolute atomic E-state index is 0.110. The molecule has 0 amide bonds. The number of nitrogens with zero attached hydrogens (tertiary/aromatic N) is 3. The molecule has 92 valence electrons. The van der Waals surface area contributed by atoms with Gasteiger partial charge < -0.3 is 15.0 Å². The van der Waals surface area contributed by atoms with Crippen molar-refractivity contribution in [1.82, 2.24) is 9.55 Å². The van der Waals surface area contributed by atoms with Crippen LogP contribution in [-0.2, 0) is 7.05 Å². The average Bonchev–Trinajstić information content (AvgIpc) is 2.66. The second-order valence-electron chi connectivity index (χ2n) is 3.68. The zero-order valence-electron chi connectivity index (χ0n) is 9.94. The van der Waals surface area contributed by atoms with Crippen molar-refractivity contribution in [2.24, 2.45) is 7.05 Å². The lowest BCUT2D eigenvalue weighted by Gasteiger charge is -2.08. The van der Waals surface area contributed by atoms with Crippen molar-refractivity contribution >= 4 is 5.82 Å². The first-order valence-electron chi connectivity index (χ1n) is 5.14. The second kappa shape index (κ2) is 4.37. The van der Waals surface area contributed by atoms with E-state index in [2.05, 4.69) is 4.98 Å². The van der Waals surface area contributed by atoms with Gasteiger partial charge in [0.1, 0.15) is 29.3 Å². The topological polar surface area (TPSA) is 76.9 Å². The largest absolute Gasteiger partial charge is 0.496 e. The van der Waals surface area contributed by atoms with Crippen LogP contribution in [0.25, 0.3) is 11.4 Å². The number of aromatic nitrogens is 2. The monoisotopic (exact) mass is 246 g/mol. The maximum atomic E-state index is 13.3. The Hall–Kier alpha value is -2.55. The normalized spacial score (nSPS) is 10.1. The molecule has 5 nitrogen and oxygen atoms in total. The number of rotatable bonds is 2. The van der Waals surface area contributed by atoms with Gasteiger partial charge >= 0.3 is 0 Å². The van der Waals surface area contributed by atoms with Crippen LogP contribution in [0.1, 0.15) is 5.69 Å². The number of methoxy groups -OCH3 is 1. The van der Waals surface area contributed by atoms with Gasteiger partial charge in [-0.15, -0.1) is 0 Å². The Morgan fingerprint density at radius 2 is 2.22 bits per heavy atom. The summed E-state index contributed by atoms with van der Waals surface area (Å²) in [7, 11) is 3.14. The quantitative estimate of drug-likeness (QED) is 0.874. The highest BCUT2D eigenvalue weighted by Gasteiger charge is 2.17. The van der Waals surface area contributed by atoms with Gasteiger partial charge in [-0.3, -0.25) is 0 Å². The highest BCUT2D eigenvalue weighted by molar-refractivity contribution is 5.68. The van der Waals surface area contributed by atoms with Gasteiger partial charge in [-0.25, -0.2) is 9.37 Å². The van der Waals surface area contributed by atoms with E-state index in [1.165, 1.54) is 29.9 Å². The molecular formula is C12H11FN4O. The third-order valence-electron chi connectivity index (χ3n) is 2.65. The van der Waals surface area contributed by atoms with E-state index in [1.807, 2.05) is 6.07 Å². The number of nitriles is 1. The summed E-state index contributed by atoms with van der Waals surface area (Å²) >= 11 is 0. The Kier molecular flexibility index (Phi) is 2.90. The van der Waals surface area contributed by atoms with E-state index in [9.17, 15) is 4.39 Å². The summed E-state index contributed by atoms with van der Waals surface area (Å²) in [6, 6.07) is 5.97. The van der Waals surface area contributed by atoms with E-state index in [1.54, 1.807) is 7.05 Å². The van der Waals surface area contributed by atoms with Gasteiger partial charge in [0.05, 0.1) is 12.7 Å². The van der Waals surface area contributed by atoms with E-state index in [-0.39, 0.29) is 11.5 Å². The Bertz CT molecular complexity index is 642. The Labute approximate surface area is 103 Å². The molecule has 1 aromatic heterocycles. The molecule has 1 heterocycles.